The number of piperidine rings is 2. The average molecular weight is 679 g/mol. The third-order valence-electron chi connectivity index (χ3n) is 10.5. The third-order valence-corrected chi connectivity index (χ3v) is 10.5. The minimum atomic E-state index is -0.554. The van der Waals surface area contributed by atoms with E-state index in [2.05, 4.69) is 19.9 Å². The smallest absolute Gasteiger partial charge is 0.411 e. The first-order valence-electron chi connectivity index (χ1n) is 17.9. The number of aromatic amines is 2. The lowest BCUT2D eigenvalue weighted by molar-refractivity contribution is 0.00523. The highest BCUT2D eigenvalue weighted by molar-refractivity contribution is 5.71. The molecule has 2 amide bonds. The molecule has 2 N–H and O–H groups in total. The highest BCUT2D eigenvalue weighted by Gasteiger charge is 2.52. The van der Waals surface area contributed by atoms with Crippen LogP contribution in [0.5, 0.6) is 0 Å². The first-order chi connectivity index (χ1) is 23.8. The van der Waals surface area contributed by atoms with Gasteiger partial charge in [0.1, 0.15) is 22.9 Å². The number of H-pyrrole nitrogens is 2. The van der Waals surface area contributed by atoms with Crippen LogP contribution in [0.3, 0.4) is 0 Å². The van der Waals surface area contributed by atoms with Crippen molar-refractivity contribution in [3.8, 4) is 33.9 Å². The molecule has 0 spiro atoms. The number of carbonyl (C=O) groups is 2. The molecule has 1 aromatic carbocycles. The van der Waals surface area contributed by atoms with Crippen LogP contribution >= 0.6 is 0 Å². The minimum Gasteiger partial charge on any atom is -0.444 e. The van der Waals surface area contributed by atoms with E-state index >= 15 is 0 Å². The molecule has 2 aliphatic heterocycles. The molecule has 12 nitrogen and oxygen atoms in total. The number of imidazole rings is 2. The van der Waals surface area contributed by atoms with Gasteiger partial charge in [-0.25, -0.2) is 29.5 Å². The summed E-state index contributed by atoms with van der Waals surface area (Å²) in [5, 5.41) is 0. The SMILES string of the molecule is CC(C)(C)OC(=O)N1C(c2ncc(-c3ccc(-c4ncc(-c5cnc([C@@H]6[C@H]7CC[C@H](C7)N6C(=O)OC(C)(C)C)[nH]5)cn4)cc3)[nH]2)[C@H]2CC[C@@H]1C2. The van der Waals surface area contributed by atoms with Crippen LogP contribution < -0.4 is 0 Å². The number of nitrogens with one attached hydrogen (secondary N) is 2. The number of benzene rings is 1. The number of likely N-dealkylation sites (tertiary alicyclic amines) is 2. The van der Waals surface area contributed by atoms with Gasteiger partial charge in [0.15, 0.2) is 5.82 Å². The maximum Gasteiger partial charge on any atom is 0.411 e. The highest BCUT2D eigenvalue weighted by Crippen LogP contribution is 2.51. The zero-order valence-electron chi connectivity index (χ0n) is 29.6. The van der Waals surface area contributed by atoms with Gasteiger partial charge in [0.05, 0.1) is 35.9 Å². The van der Waals surface area contributed by atoms with Gasteiger partial charge in [-0.2, -0.15) is 0 Å². The largest absolute Gasteiger partial charge is 0.444 e. The van der Waals surface area contributed by atoms with Gasteiger partial charge in [0.2, 0.25) is 0 Å². The number of aromatic nitrogens is 6. The van der Waals surface area contributed by atoms with E-state index in [-0.39, 0.29) is 36.4 Å². The van der Waals surface area contributed by atoms with Crippen molar-refractivity contribution in [2.45, 2.75) is 115 Å². The van der Waals surface area contributed by atoms with Crippen molar-refractivity contribution in [2.24, 2.45) is 11.8 Å². The monoisotopic (exact) mass is 678 g/mol. The molecule has 4 aliphatic rings. The molecular formula is C38H46N8O4. The van der Waals surface area contributed by atoms with Gasteiger partial charge in [0.25, 0.3) is 0 Å². The van der Waals surface area contributed by atoms with Gasteiger partial charge in [-0.1, -0.05) is 24.3 Å². The van der Waals surface area contributed by atoms with E-state index in [9.17, 15) is 9.59 Å². The molecule has 2 saturated carbocycles. The summed E-state index contributed by atoms with van der Waals surface area (Å²) in [6.45, 7) is 11.4. The van der Waals surface area contributed by atoms with Gasteiger partial charge >= 0.3 is 12.2 Å². The Morgan fingerprint density at radius 3 is 1.52 bits per heavy atom. The molecule has 50 heavy (non-hydrogen) atoms. The van der Waals surface area contributed by atoms with Gasteiger partial charge in [-0.15, -0.1) is 0 Å². The molecule has 8 rings (SSSR count). The lowest BCUT2D eigenvalue weighted by Gasteiger charge is -2.35. The lowest BCUT2D eigenvalue weighted by Crippen LogP contribution is -2.43. The second kappa shape index (κ2) is 11.9. The predicted molar refractivity (Wildman–Crippen MR) is 187 cm³/mol. The Morgan fingerprint density at radius 1 is 0.620 bits per heavy atom. The summed E-state index contributed by atoms with van der Waals surface area (Å²) in [5.74, 6) is 2.95. The summed E-state index contributed by atoms with van der Waals surface area (Å²) < 4.78 is 11.5. The number of amides is 2. The first kappa shape index (κ1) is 32.5. The number of hydrogen-bond acceptors (Lipinski definition) is 8. The minimum absolute atomic E-state index is 0.105. The van der Waals surface area contributed by atoms with E-state index < -0.39 is 11.2 Å². The lowest BCUT2D eigenvalue weighted by atomic mass is 9.98. The molecule has 1 unspecified atom stereocenters. The Morgan fingerprint density at radius 2 is 1.06 bits per heavy atom. The van der Waals surface area contributed by atoms with Crippen LogP contribution in [0.4, 0.5) is 9.59 Å². The number of carbonyl (C=O) groups excluding carboxylic acids is 2. The average Bonchev–Trinajstić information content (AvgIpc) is 3.92. The molecule has 6 atom stereocenters. The summed E-state index contributed by atoms with van der Waals surface area (Å²) >= 11 is 0. The number of fused-ring (bicyclic) bond motifs is 4. The van der Waals surface area contributed by atoms with E-state index in [1.165, 1.54) is 0 Å². The van der Waals surface area contributed by atoms with Gasteiger partial charge < -0.3 is 19.4 Å². The molecular weight excluding hydrogens is 632 g/mol. The van der Waals surface area contributed by atoms with Crippen LogP contribution in [0, 0.1) is 11.8 Å². The predicted octanol–water partition coefficient (Wildman–Crippen LogP) is 7.84. The number of hydrogen-bond donors (Lipinski definition) is 2. The van der Waals surface area contributed by atoms with Crippen molar-refractivity contribution in [1.82, 2.24) is 39.7 Å². The molecule has 0 radical (unpaired) electrons. The second-order valence-corrected chi connectivity index (χ2v) is 16.4. The standard InChI is InChI=1S/C38H46N8O4/c1-37(2,3)49-35(47)45-26-13-11-23(15-26)30(45)33-41-19-28(43-33)21-7-9-22(10-8-21)32-39-17-25(18-40-32)29-20-42-34(44-29)31-24-12-14-27(16-24)46(31)36(48)50-38(4,5)6/h7-10,17-20,23-24,26-27,30-31H,11-16H2,1-6H3,(H,41,43)(H,42,44)/t23-,24-,26+,27+,30?,31-/m0/s1. The Hall–Kier alpha value is -4.74. The summed E-state index contributed by atoms with van der Waals surface area (Å²) in [6, 6.07) is 8.23. The highest BCUT2D eigenvalue weighted by atomic mass is 16.6. The van der Waals surface area contributed by atoms with Crippen LogP contribution in [0.2, 0.25) is 0 Å². The van der Waals surface area contributed by atoms with Crippen molar-refractivity contribution >= 4 is 12.2 Å². The molecule has 4 bridgehead atoms. The molecule has 2 saturated heterocycles. The Kier molecular flexibility index (Phi) is 7.76. The third kappa shape index (κ3) is 6.02. The van der Waals surface area contributed by atoms with Crippen molar-refractivity contribution in [1.29, 1.82) is 0 Å². The fourth-order valence-corrected chi connectivity index (χ4v) is 8.52. The van der Waals surface area contributed by atoms with E-state index in [1.54, 1.807) is 18.6 Å². The molecule has 2 aliphatic carbocycles. The Balaban J connectivity index is 0.953. The van der Waals surface area contributed by atoms with Crippen molar-refractivity contribution in [3.63, 3.8) is 0 Å². The summed E-state index contributed by atoms with van der Waals surface area (Å²) in [4.78, 5) is 55.9. The van der Waals surface area contributed by atoms with Crippen molar-refractivity contribution in [3.05, 3.63) is 60.7 Å². The topological polar surface area (TPSA) is 142 Å². The van der Waals surface area contributed by atoms with Gasteiger partial charge in [-0.3, -0.25) is 9.80 Å². The van der Waals surface area contributed by atoms with Crippen LogP contribution in [0.15, 0.2) is 49.1 Å². The number of ether oxygens (including phenoxy) is 2. The second-order valence-electron chi connectivity index (χ2n) is 16.4. The molecule has 4 fully saturated rings. The maximum absolute atomic E-state index is 13.2. The van der Waals surface area contributed by atoms with E-state index in [1.807, 2.05) is 81.8 Å². The zero-order chi connectivity index (χ0) is 34.9. The zero-order valence-corrected chi connectivity index (χ0v) is 29.6. The summed E-state index contributed by atoms with van der Waals surface area (Å²) in [7, 11) is 0. The normalized spacial score (nSPS) is 25.8. The van der Waals surface area contributed by atoms with Crippen LogP contribution in [-0.4, -0.2) is 75.2 Å². The van der Waals surface area contributed by atoms with E-state index in [0.29, 0.717) is 17.7 Å². The van der Waals surface area contributed by atoms with Crippen molar-refractivity contribution in [2.75, 3.05) is 0 Å². The van der Waals surface area contributed by atoms with Crippen LogP contribution in [-0.2, 0) is 9.47 Å². The van der Waals surface area contributed by atoms with Crippen molar-refractivity contribution < 1.29 is 19.1 Å². The summed E-state index contributed by atoms with van der Waals surface area (Å²) in [6.07, 6.45) is 12.9. The van der Waals surface area contributed by atoms with Crippen LogP contribution in [0.25, 0.3) is 33.9 Å². The summed E-state index contributed by atoms with van der Waals surface area (Å²) in [5.41, 5.74) is 3.30. The van der Waals surface area contributed by atoms with E-state index in [4.69, 9.17) is 19.4 Å². The molecule has 4 aromatic rings. The molecule has 262 valence electrons. The Labute approximate surface area is 292 Å². The fourth-order valence-electron chi connectivity index (χ4n) is 8.52. The first-order valence-corrected chi connectivity index (χ1v) is 17.9. The number of nitrogens with zero attached hydrogens (tertiary/aromatic N) is 6. The quantitative estimate of drug-likeness (QED) is 0.217. The number of rotatable bonds is 5. The fraction of sp³-hybridized carbons (Fsp3) is 0.526. The van der Waals surface area contributed by atoms with Gasteiger partial charge in [-0.05, 0) is 97.5 Å². The maximum atomic E-state index is 13.2. The molecule has 5 heterocycles. The molecule has 12 heteroatoms. The molecule has 3 aromatic heterocycles. The van der Waals surface area contributed by atoms with Crippen LogP contribution in [0.1, 0.15) is 104 Å². The Bertz CT molecular complexity index is 1750. The van der Waals surface area contributed by atoms with Gasteiger partial charge in [0, 0.05) is 35.6 Å². The van der Waals surface area contributed by atoms with E-state index in [0.717, 1.165) is 78.3 Å².